The van der Waals surface area contributed by atoms with Crippen molar-refractivity contribution in [3.05, 3.63) is 32.7 Å². The van der Waals surface area contributed by atoms with Gasteiger partial charge in [-0.2, -0.15) is 5.10 Å². The van der Waals surface area contributed by atoms with E-state index in [4.69, 9.17) is 17.3 Å². The molecule has 0 radical (unpaired) electrons. The van der Waals surface area contributed by atoms with Crippen LogP contribution in [0.1, 0.15) is 34.0 Å². The molecule has 1 amide bonds. The van der Waals surface area contributed by atoms with E-state index in [9.17, 15) is 4.79 Å². The fraction of sp³-hybridized carbons (Fsp3) is 0.333. The van der Waals surface area contributed by atoms with E-state index < -0.39 is 0 Å². The molecule has 0 saturated carbocycles. The number of aromatic nitrogens is 2. The van der Waals surface area contributed by atoms with Gasteiger partial charge < -0.3 is 11.1 Å². The molecule has 1 unspecified atom stereocenters. The largest absolute Gasteiger partial charge is 0.395 e. The van der Waals surface area contributed by atoms with Crippen molar-refractivity contribution in [1.29, 1.82) is 0 Å². The molecule has 19 heavy (non-hydrogen) atoms. The summed E-state index contributed by atoms with van der Waals surface area (Å²) in [5, 5.41) is 7.02. The van der Waals surface area contributed by atoms with Crippen LogP contribution in [0.3, 0.4) is 0 Å². The number of carbonyl (C=O) groups is 1. The maximum Gasteiger partial charge on any atom is 0.272 e. The summed E-state index contributed by atoms with van der Waals surface area (Å²) in [5.41, 5.74) is 7.31. The number of rotatable bonds is 3. The van der Waals surface area contributed by atoms with Crippen LogP contribution in [-0.2, 0) is 7.05 Å². The monoisotopic (exact) mass is 298 g/mol. The van der Waals surface area contributed by atoms with Crippen molar-refractivity contribution < 1.29 is 4.79 Å². The first kappa shape index (κ1) is 13.9. The summed E-state index contributed by atoms with van der Waals surface area (Å²) in [5.74, 6) is -0.238. The first-order valence-corrected chi connectivity index (χ1v) is 6.94. The fourth-order valence-electron chi connectivity index (χ4n) is 1.84. The van der Waals surface area contributed by atoms with Gasteiger partial charge in [0.05, 0.1) is 21.8 Å². The Hall–Kier alpha value is -1.53. The minimum absolute atomic E-state index is 0.125. The topological polar surface area (TPSA) is 72.9 Å². The molecule has 2 rings (SSSR count). The highest BCUT2D eigenvalue weighted by atomic mass is 35.5. The molecule has 0 aliphatic carbocycles. The lowest BCUT2D eigenvalue weighted by Crippen LogP contribution is -2.28. The number of aryl methyl sites for hydroxylation is 2. The van der Waals surface area contributed by atoms with Crippen molar-refractivity contribution >= 4 is 34.5 Å². The number of hydrogen-bond acceptors (Lipinski definition) is 4. The van der Waals surface area contributed by atoms with Crippen LogP contribution in [0.4, 0.5) is 5.69 Å². The number of nitrogens with zero attached hydrogens (tertiary/aromatic N) is 2. The molecule has 0 aromatic carbocycles. The van der Waals surface area contributed by atoms with Crippen LogP contribution >= 0.6 is 22.9 Å². The summed E-state index contributed by atoms with van der Waals surface area (Å²) in [4.78, 5) is 13.2. The Labute approximate surface area is 120 Å². The number of nitrogens with two attached hydrogens (primary N) is 1. The molecule has 0 spiro atoms. The molecule has 102 valence electrons. The Balaban J connectivity index is 2.17. The minimum Gasteiger partial charge on any atom is -0.395 e. The molecule has 3 N–H and O–H groups in total. The van der Waals surface area contributed by atoms with E-state index in [1.54, 1.807) is 14.0 Å². The van der Waals surface area contributed by atoms with Gasteiger partial charge in [0.15, 0.2) is 0 Å². The van der Waals surface area contributed by atoms with Gasteiger partial charge in [0.25, 0.3) is 5.91 Å². The lowest BCUT2D eigenvalue weighted by atomic mass is 10.2. The van der Waals surface area contributed by atoms with Gasteiger partial charge >= 0.3 is 0 Å². The highest BCUT2D eigenvalue weighted by Gasteiger charge is 2.20. The third-order valence-corrected chi connectivity index (χ3v) is 4.27. The molecule has 0 aliphatic rings. The quantitative estimate of drug-likeness (QED) is 0.914. The SMILES string of the molecule is Cc1nn(C)c(C(=O)NC(C)c2ccc(Cl)s2)c1N. The molecule has 7 heteroatoms. The lowest BCUT2D eigenvalue weighted by Gasteiger charge is -2.12. The highest BCUT2D eigenvalue weighted by molar-refractivity contribution is 7.16. The first-order chi connectivity index (χ1) is 8.90. The molecule has 0 fully saturated rings. The number of carbonyl (C=O) groups excluding carboxylic acids is 1. The van der Waals surface area contributed by atoms with Gasteiger partial charge in [0.1, 0.15) is 5.69 Å². The zero-order valence-corrected chi connectivity index (χ0v) is 12.5. The van der Waals surface area contributed by atoms with Crippen molar-refractivity contribution in [3.63, 3.8) is 0 Å². The van der Waals surface area contributed by atoms with E-state index in [0.717, 1.165) is 4.88 Å². The Morgan fingerprint density at radius 3 is 2.74 bits per heavy atom. The van der Waals surface area contributed by atoms with Crippen molar-refractivity contribution in [2.75, 3.05) is 5.73 Å². The number of anilines is 1. The van der Waals surface area contributed by atoms with Crippen molar-refractivity contribution in [1.82, 2.24) is 15.1 Å². The zero-order chi connectivity index (χ0) is 14.2. The van der Waals surface area contributed by atoms with Crippen LogP contribution in [0.5, 0.6) is 0 Å². The maximum atomic E-state index is 12.2. The Bertz CT molecular complexity index is 619. The second-order valence-electron chi connectivity index (χ2n) is 4.31. The van der Waals surface area contributed by atoms with Gasteiger partial charge in [-0.05, 0) is 26.0 Å². The Morgan fingerprint density at radius 1 is 1.58 bits per heavy atom. The molecule has 2 heterocycles. The summed E-state index contributed by atoms with van der Waals surface area (Å²) >= 11 is 7.33. The summed E-state index contributed by atoms with van der Waals surface area (Å²) in [6.45, 7) is 3.67. The van der Waals surface area contributed by atoms with E-state index in [-0.39, 0.29) is 11.9 Å². The standard InChI is InChI=1S/C12H15ClN4OS/c1-6(8-4-5-9(13)19-8)15-12(18)11-10(14)7(2)16-17(11)3/h4-6H,14H2,1-3H3,(H,15,18). The van der Waals surface area contributed by atoms with Crippen LogP contribution in [-0.4, -0.2) is 15.7 Å². The number of amides is 1. The number of thiophene rings is 1. The van der Waals surface area contributed by atoms with Crippen molar-refractivity contribution in [2.45, 2.75) is 19.9 Å². The normalized spacial score (nSPS) is 12.4. The second kappa shape index (κ2) is 5.22. The molecule has 0 saturated heterocycles. The van der Waals surface area contributed by atoms with Gasteiger partial charge in [-0.25, -0.2) is 0 Å². The molecule has 0 aliphatic heterocycles. The van der Waals surface area contributed by atoms with E-state index in [1.165, 1.54) is 16.0 Å². The van der Waals surface area contributed by atoms with Crippen LogP contribution in [0, 0.1) is 6.92 Å². The maximum absolute atomic E-state index is 12.2. The molecule has 2 aromatic heterocycles. The molecule has 1 atom stereocenters. The summed E-state index contributed by atoms with van der Waals surface area (Å²) in [7, 11) is 1.70. The smallest absolute Gasteiger partial charge is 0.272 e. The number of hydrogen-bond donors (Lipinski definition) is 2. The third kappa shape index (κ3) is 2.74. The molecule has 5 nitrogen and oxygen atoms in total. The Morgan fingerprint density at radius 2 is 2.26 bits per heavy atom. The molecular weight excluding hydrogens is 284 g/mol. The van der Waals surface area contributed by atoms with Gasteiger partial charge in [0, 0.05) is 11.9 Å². The first-order valence-electron chi connectivity index (χ1n) is 5.75. The van der Waals surface area contributed by atoms with Crippen molar-refractivity contribution in [2.24, 2.45) is 7.05 Å². The average molecular weight is 299 g/mol. The molecule has 0 bridgehead atoms. The number of nitrogens with one attached hydrogen (secondary N) is 1. The second-order valence-corrected chi connectivity index (χ2v) is 6.05. The van der Waals surface area contributed by atoms with Gasteiger partial charge in [-0.3, -0.25) is 9.48 Å². The van der Waals surface area contributed by atoms with Gasteiger partial charge in [-0.1, -0.05) is 11.6 Å². The summed E-state index contributed by atoms with van der Waals surface area (Å²) < 4.78 is 2.20. The van der Waals surface area contributed by atoms with Crippen LogP contribution < -0.4 is 11.1 Å². The lowest BCUT2D eigenvalue weighted by molar-refractivity contribution is 0.0932. The highest BCUT2D eigenvalue weighted by Crippen LogP contribution is 2.27. The molecular formula is C12H15ClN4OS. The number of nitrogen functional groups attached to an aromatic ring is 1. The predicted octanol–water partition coefficient (Wildman–Crippen LogP) is 2.52. The zero-order valence-electron chi connectivity index (χ0n) is 10.9. The minimum atomic E-state index is -0.238. The average Bonchev–Trinajstić information content (AvgIpc) is 2.84. The van der Waals surface area contributed by atoms with E-state index in [2.05, 4.69) is 10.4 Å². The Kier molecular flexibility index (Phi) is 3.82. The van der Waals surface area contributed by atoms with Gasteiger partial charge in [0.2, 0.25) is 0 Å². The molecule has 2 aromatic rings. The van der Waals surface area contributed by atoms with Crippen LogP contribution in [0.2, 0.25) is 4.34 Å². The van der Waals surface area contributed by atoms with E-state index in [0.29, 0.717) is 21.4 Å². The predicted molar refractivity (Wildman–Crippen MR) is 77.6 cm³/mol. The van der Waals surface area contributed by atoms with E-state index in [1.807, 2.05) is 19.1 Å². The van der Waals surface area contributed by atoms with Crippen LogP contribution in [0.15, 0.2) is 12.1 Å². The van der Waals surface area contributed by atoms with Crippen molar-refractivity contribution in [3.8, 4) is 0 Å². The number of halogens is 1. The summed E-state index contributed by atoms with van der Waals surface area (Å²) in [6.07, 6.45) is 0. The van der Waals surface area contributed by atoms with E-state index >= 15 is 0 Å². The van der Waals surface area contributed by atoms with Crippen LogP contribution in [0.25, 0.3) is 0 Å². The fourth-order valence-corrected chi connectivity index (χ4v) is 2.90. The third-order valence-electron chi connectivity index (χ3n) is 2.85. The van der Waals surface area contributed by atoms with Gasteiger partial charge in [-0.15, -0.1) is 11.3 Å². The summed E-state index contributed by atoms with van der Waals surface area (Å²) in [6, 6.07) is 3.59.